The molecule has 0 spiro atoms. The summed E-state index contributed by atoms with van der Waals surface area (Å²) >= 11 is 0. The fourth-order valence-electron chi connectivity index (χ4n) is 1.48. The highest BCUT2D eigenvalue weighted by Gasteiger charge is 2.19. The van der Waals surface area contributed by atoms with Crippen molar-refractivity contribution in [2.24, 2.45) is 0 Å². The Bertz CT molecular complexity index is 558. The van der Waals surface area contributed by atoms with E-state index in [1.54, 1.807) is 38.1 Å². The van der Waals surface area contributed by atoms with Crippen LogP contribution in [0, 0.1) is 11.6 Å². The molecule has 0 saturated heterocycles. The minimum absolute atomic E-state index is 0.00397. The fourth-order valence-corrected chi connectivity index (χ4v) is 2.62. The van der Waals surface area contributed by atoms with Gasteiger partial charge in [0.25, 0.3) is 0 Å². The molecule has 0 fully saturated rings. The highest BCUT2D eigenvalue weighted by molar-refractivity contribution is 7.59. The quantitative estimate of drug-likeness (QED) is 0.438. The van der Waals surface area contributed by atoms with Gasteiger partial charge in [0.1, 0.15) is 12.4 Å². The first-order chi connectivity index (χ1) is 10.0. The highest BCUT2D eigenvalue weighted by Crippen LogP contribution is 2.46. The van der Waals surface area contributed by atoms with Crippen molar-refractivity contribution in [3.63, 3.8) is 0 Å². The lowest BCUT2D eigenvalue weighted by molar-refractivity contribution is 0.101. The largest absolute Gasteiger partial charge is 0.481 e. The van der Waals surface area contributed by atoms with E-state index in [9.17, 15) is 9.36 Å². The molecule has 0 heterocycles. The van der Waals surface area contributed by atoms with Crippen LogP contribution in [-0.4, -0.2) is 25.6 Å². The topological polar surface area (TPSA) is 61.8 Å². The van der Waals surface area contributed by atoms with E-state index in [1.165, 1.54) is 6.92 Å². The number of ether oxygens (including phenoxy) is 1. The second kappa shape index (κ2) is 8.63. The van der Waals surface area contributed by atoms with Gasteiger partial charge < -0.3 is 4.74 Å². The molecular weight excluding hydrogens is 291 g/mol. The molecule has 0 amide bonds. The van der Waals surface area contributed by atoms with Crippen LogP contribution in [0.5, 0.6) is 5.75 Å². The van der Waals surface area contributed by atoms with Crippen molar-refractivity contribution in [2.75, 3.05) is 19.8 Å². The van der Waals surface area contributed by atoms with Gasteiger partial charge in [0, 0.05) is 11.2 Å². The number of hydrogen-bond donors (Lipinski definition) is 0. The third-order valence-corrected chi connectivity index (χ3v) is 4.01. The van der Waals surface area contributed by atoms with Crippen molar-refractivity contribution in [3.8, 4) is 17.3 Å². The number of ketones is 1. The summed E-state index contributed by atoms with van der Waals surface area (Å²) in [6.45, 7) is 5.53. The van der Waals surface area contributed by atoms with E-state index in [2.05, 4.69) is 11.6 Å². The number of carbonyl (C=O) groups excluding carboxylic acids is 1. The summed E-state index contributed by atoms with van der Waals surface area (Å²) in [6, 6.07) is 6.72. The van der Waals surface area contributed by atoms with E-state index >= 15 is 0 Å². The van der Waals surface area contributed by atoms with Gasteiger partial charge in [-0.3, -0.25) is 13.8 Å². The van der Waals surface area contributed by atoms with Crippen LogP contribution in [0.2, 0.25) is 0 Å². The molecule has 0 unspecified atom stereocenters. The summed E-state index contributed by atoms with van der Waals surface area (Å²) in [7, 11) is -3.35. The number of hydrogen-bond acceptors (Lipinski definition) is 5. The lowest BCUT2D eigenvalue weighted by Gasteiger charge is -2.09. The van der Waals surface area contributed by atoms with Crippen LogP contribution in [0.25, 0.3) is 0 Å². The van der Waals surface area contributed by atoms with Gasteiger partial charge in [-0.25, -0.2) is 4.57 Å². The fraction of sp³-hybridized carbons (Fsp3) is 0.400. The Hall–Kier alpha value is -1.60. The smallest absolute Gasteiger partial charge is 0.405 e. The van der Waals surface area contributed by atoms with Gasteiger partial charge in [-0.05, 0) is 51.0 Å². The first-order valence-corrected chi connectivity index (χ1v) is 8.18. The Morgan fingerprint density at radius 3 is 2.19 bits per heavy atom. The molecule has 1 rings (SSSR count). The zero-order chi connectivity index (χ0) is 15.7. The predicted molar refractivity (Wildman–Crippen MR) is 80.6 cm³/mol. The molecule has 21 heavy (non-hydrogen) atoms. The Kier molecular flexibility index (Phi) is 7.18. The van der Waals surface area contributed by atoms with Crippen molar-refractivity contribution in [1.82, 2.24) is 0 Å². The van der Waals surface area contributed by atoms with Crippen LogP contribution in [-0.2, 0) is 13.6 Å². The van der Waals surface area contributed by atoms with Crippen molar-refractivity contribution < 1.29 is 23.1 Å². The monoisotopic (exact) mass is 310 g/mol. The number of Topliss-reactive ketones (excluding diaryl/α,β-unsaturated/α-hetero) is 1. The molecule has 0 bridgehead atoms. The molecule has 0 radical (unpaired) electrons. The van der Waals surface area contributed by atoms with Gasteiger partial charge in [-0.1, -0.05) is 0 Å². The summed E-state index contributed by atoms with van der Waals surface area (Å²) < 4.78 is 27.5. The Morgan fingerprint density at radius 1 is 1.14 bits per heavy atom. The molecule has 0 aliphatic heterocycles. The standard InChI is InChI=1S/C15H19O5P/c1-4-19-21(17,20-5-2)12-6-11-18-15-9-7-14(8-10-15)13(3)16/h7-10H,4-5,11H2,1-3H3. The Balaban J connectivity index is 2.58. The normalized spacial score (nSPS) is 10.6. The van der Waals surface area contributed by atoms with Crippen molar-refractivity contribution in [3.05, 3.63) is 29.8 Å². The maximum atomic E-state index is 12.0. The molecule has 6 heteroatoms. The van der Waals surface area contributed by atoms with Gasteiger partial charge in [0.05, 0.1) is 13.2 Å². The van der Waals surface area contributed by atoms with Gasteiger partial charge in [-0.15, -0.1) is 0 Å². The van der Waals surface area contributed by atoms with Crippen molar-refractivity contribution in [2.45, 2.75) is 20.8 Å². The van der Waals surface area contributed by atoms with E-state index in [0.29, 0.717) is 11.3 Å². The molecule has 0 atom stereocenters. The molecule has 0 N–H and O–H groups in total. The first-order valence-electron chi connectivity index (χ1n) is 6.63. The molecule has 1 aromatic rings. The Morgan fingerprint density at radius 2 is 1.71 bits per heavy atom. The van der Waals surface area contributed by atoms with Gasteiger partial charge >= 0.3 is 7.60 Å². The summed E-state index contributed by atoms with van der Waals surface area (Å²) in [4.78, 5) is 11.1. The summed E-state index contributed by atoms with van der Waals surface area (Å²) in [5, 5.41) is 0. The first kappa shape index (κ1) is 17.5. The molecular formula is C15H19O5P. The second-order valence-electron chi connectivity index (χ2n) is 3.99. The molecule has 0 saturated carbocycles. The zero-order valence-corrected chi connectivity index (χ0v) is 13.3. The molecule has 5 nitrogen and oxygen atoms in total. The summed E-state index contributed by atoms with van der Waals surface area (Å²) in [5.41, 5.74) is 3.10. The van der Waals surface area contributed by atoms with E-state index in [-0.39, 0.29) is 25.6 Å². The third-order valence-electron chi connectivity index (χ3n) is 2.39. The minimum atomic E-state index is -3.35. The van der Waals surface area contributed by atoms with Crippen LogP contribution < -0.4 is 4.74 Å². The Labute approximate surface area is 125 Å². The van der Waals surface area contributed by atoms with Gasteiger partial charge in [-0.2, -0.15) is 0 Å². The summed E-state index contributed by atoms with van der Waals surface area (Å²) in [6.07, 6.45) is 0. The van der Waals surface area contributed by atoms with E-state index < -0.39 is 7.60 Å². The second-order valence-corrected chi connectivity index (χ2v) is 5.73. The molecule has 0 aliphatic rings. The number of benzene rings is 1. The van der Waals surface area contributed by atoms with E-state index in [4.69, 9.17) is 13.8 Å². The van der Waals surface area contributed by atoms with Crippen LogP contribution in [0.1, 0.15) is 31.1 Å². The maximum Gasteiger partial charge on any atom is 0.405 e. The SMILES string of the molecule is CCOP(=O)(C#CCOc1ccc(C(C)=O)cc1)OCC. The van der Waals surface area contributed by atoms with Crippen LogP contribution in [0.15, 0.2) is 24.3 Å². The zero-order valence-electron chi connectivity index (χ0n) is 12.4. The summed E-state index contributed by atoms with van der Waals surface area (Å²) in [5.74, 6) is 3.21. The molecule has 0 aliphatic carbocycles. The van der Waals surface area contributed by atoms with Gasteiger partial charge in [0.2, 0.25) is 0 Å². The van der Waals surface area contributed by atoms with E-state index in [0.717, 1.165) is 0 Å². The van der Waals surface area contributed by atoms with E-state index in [1.807, 2.05) is 0 Å². The van der Waals surface area contributed by atoms with Crippen LogP contribution in [0.4, 0.5) is 0 Å². The highest BCUT2D eigenvalue weighted by atomic mass is 31.2. The van der Waals surface area contributed by atoms with Crippen LogP contribution >= 0.6 is 7.60 Å². The lowest BCUT2D eigenvalue weighted by Crippen LogP contribution is -1.97. The van der Waals surface area contributed by atoms with Gasteiger partial charge in [0.15, 0.2) is 5.78 Å². The predicted octanol–water partition coefficient (Wildman–Crippen LogP) is 3.50. The average molecular weight is 310 g/mol. The number of rotatable bonds is 7. The maximum absolute atomic E-state index is 12.0. The third kappa shape index (κ3) is 6.14. The minimum Gasteiger partial charge on any atom is -0.481 e. The lowest BCUT2D eigenvalue weighted by atomic mass is 10.1. The van der Waals surface area contributed by atoms with Crippen molar-refractivity contribution in [1.29, 1.82) is 0 Å². The number of carbonyl (C=O) groups is 1. The average Bonchev–Trinajstić information content (AvgIpc) is 2.45. The van der Waals surface area contributed by atoms with Crippen molar-refractivity contribution >= 4 is 13.4 Å². The molecule has 0 aromatic heterocycles. The molecule has 114 valence electrons. The van der Waals surface area contributed by atoms with Crippen LogP contribution in [0.3, 0.4) is 0 Å². The molecule has 1 aromatic carbocycles.